The number of anilines is 1. The van der Waals surface area contributed by atoms with Crippen molar-refractivity contribution in [3.8, 4) is 5.75 Å². The predicted octanol–water partition coefficient (Wildman–Crippen LogP) is 4.67. The molecule has 22 heavy (non-hydrogen) atoms. The van der Waals surface area contributed by atoms with E-state index in [9.17, 15) is 4.79 Å². The van der Waals surface area contributed by atoms with E-state index in [-0.39, 0.29) is 5.91 Å². The molecule has 0 radical (unpaired) electrons. The first-order chi connectivity index (χ1) is 10.4. The van der Waals surface area contributed by atoms with Gasteiger partial charge in [0, 0.05) is 10.7 Å². The smallest absolute Gasteiger partial charge is 0.265 e. The van der Waals surface area contributed by atoms with Crippen LogP contribution in [-0.4, -0.2) is 12.0 Å². The zero-order valence-electron chi connectivity index (χ0n) is 13.2. The Hall–Kier alpha value is -2.00. The molecule has 0 saturated carbocycles. The maximum absolute atomic E-state index is 12.2. The molecule has 4 heteroatoms. The molecule has 0 unspecified atom stereocenters. The lowest BCUT2D eigenvalue weighted by molar-refractivity contribution is -0.122. The molecule has 116 valence electrons. The van der Waals surface area contributed by atoms with E-state index in [1.165, 1.54) is 0 Å². The van der Waals surface area contributed by atoms with E-state index < -0.39 is 6.10 Å². The molecule has 3 nitrogen and oxygen atoms in total. The zero-order valence-corrected chi connectivity index (χ0v) is 14.0. The number of aryl methyl sites for hydroxylation is 3. The minimum atomic E-state index is -0.596. The Balaban J connectivity index is 2.03. The van der Waals surface area contributed by atoms with E-state index in [2.05, 4.69) is 5.32 Å². The highest BCUT2D eigenvalue weighted by atomic mass is 35.5. The zero-order chi connectivity index (χ0) is 16.3. The maximum atomic E-state index is 12.2. The average molecular weight is 318 g/mol. The molecule has 1 atom stereocenters. The third kappa shape index (κ3) is 4.01. The van der Waals surface area contributed by atoms with Crippen molar-refractivity contribution in [1.82, 2.24) is 0 Å². The highest BCUT2D eigenvalue weighted by Gasteiger charge is 2.15. The normalized spacial score (nSPS) is 11.9. The molecule has 0 aliphatic rings. The van der Waals surface area contributed by atoms with E-state index in [1.807, 2.05) is 57.2 Å². The number of nitrogens with one attached hydrogen (secondary N) is 1. The molecular formula is C18H20ClNO2. The Morgan fingerprint density at radius 1 is 1.09 bits per heavy atom. The van der Waals surface area contributed by atoms with Crippen molar-refractivity contribution < 1.29 is 9.53 Å². The number of carbonyl (C=O) groups is 1. The minimum Gasteiger partial charge on any atom is -0.481 e. The summed E-state index contributed by atoms with van der Waals surface area (Å²) in [4.78, 5) is 12.2. The van der Waals surface area contributed by atoms with Crippen LogP contribution in [-0.2, 0) is 4.79 Å². The second-order valence-electron chi connectivity index (χ2n) is 5.49. The van der Waals surface area contributed by atoms with Gasteiger partial charge in [0.2, 0.25) is 0 Å². The monoisotopic (exact) mass is 317 g/mol. The topological polar surface area (TPSA) is 38.3 Å². The molecule has 0 aliphatic heterocycles. The van der Waals surface area contributed by atoms with Crippen LogP contribution in [0.25, 0.3) is 0 Å². The number of ether oxygens (including phenoxy) is 1. The molecule has 2 aromatic carbocycles. The third-order valence-electron chi connectivity index (χ3n) is 3.41. The van der Waals surface area contributed by atoms with Crippen LogP contribution in [0.3, 0.4) is 0 Å². The highest BCUT2D eigenvalue weighted by Crippen LogP contribution is 2.26. The molecule has 0 bridgehead atoms. The van der Waals surface area contributed by atoms with E-state index in [1.54, 1.807) is 6.92 Å². The second kappa shape index (κ2) is 6.84. The van der Waals surface area contributed by atoms with Gasteiger partial charge in [-0.1, -0.05) is 29.3 Å². The summed E-state index contributed by atoms with van der Waals surface area (Å²) in [5.41, 5.74) is 3.77. The number of hydrogen-bond acceptors (Lipinski definition) is 2. The maximum Gasteiger partial charge on any atom is 0.265 e. The van der Waals surface area contributed by atoms with Gasteiger partial charge in [0.25, 0.3) is 5.91 Å². The summed E-state index contributed by atoms with van der Waals surface area (Å²) in [6.45, 7) is 7.56. The van der Waals surface area contributed by atoms with Crippen molar-refractivity contribution in [2.24, 2.45) is 0 Å². The highest BCUT2D eigenvalue weighted by molar-refractivity contribution is 6.32. The summed E-state index contributed by atoms with van der Waals surface area (Å²) >= 11 is 6.13. The van der Waals surface area contributed by atoms with Gasteiger partial charge in [0.05, 0.1) is 0 Å². The van der Waals surface area contributed by atoms with Gasteiger partial charge in [-0.3, -0.25) is 4.79 Å². The first-order valence-electron chi connectivity index (χ1n) is 7.18. The van der Waals surface area contributed by atoms with Crippen LogP contribution in [0.1, 0.15) is 23.6 Å². The van der Waals surface area contributed by atoms with Gasteiger partial charge in [-0.15, -0.1) is 0 Å². The van der Waals surface area contributed by atoms with Crippen molar-refractivity contribution in [3.63, 3.8) is 0 Å². The standard InChI is InChI=1S/C18H20ClNO2/c1-11-5-7-15(8-6-11)20-18(21)14(4)22-16-9-12(2)17(19)13(3)10-16/h5-10,14H,1-4H3,(H,20,21)/t14-/m0/s1. The lowest BCUT2D eigenvalue weighted by atomic mass is 10.1. The SMILES string of the molecule is Cc1ccc(NC(=O)[C@H](C)Oc2cc(C)c(Cl)c(C)c2)cc1. The summed E-state index contributed by atoms with van der Waals surface area (Å²) in [6.07, 6.45) is -0.596. The van der Waals surface area contributed by atoms with Gasteiger partial charge in [-0.05, 0) is 63.1 Å². The summed E-state index contributed by atoms with van der Waals surface area (Å²) in [7, 11) is 0. The summed E-state index contributed by atoms with van der Waals surface area (Å²) in [6, 6.07) is 11.3. The number of hydrogen-bond donors (Lipinski definition) is 1. The van der Waals surface area contributed by atoms with Crippen molar-refractivity contribution >= 4 is 23.2 Å². The van der Waals surface area contributed by atoms with E-state index in [0.717, 1.165) is 27.4 Å². The third-order valence-corrected chi connectivity index (χ3v) is 4.01. The van der Waals surface area contributed by atoms with Gasteiger partial charge >= 0.3 is 0 Å². The fourth-order valence-electron chi connectivity index (χ4n) is 2.11. The molecule has 2 aromatic rings. The molecule has 0 heterocycles. The number of benzene rings is 2. The Bertz CT molecular complexity index is 657. The average Bonchev–Trinajstić information content (AvgIpc) is 2.47. The number of halogens is 1. The fourth-order valence-corrected chi connectivity index (χ4v) is 2.22. The molecule has 0 aliphatic carbocycles. The Kier molecular flexibility index (Phi) is 5.09. The minimum absolute atomic E-state index is 0.186. The molecule has 0 aromatic heterocycles. The molecule has 0 saturated heterocycles. The molecule has 2 rings (SSSR count). The van der Waals surface area contributed by atoms with Crippen molar-refractivity contribution in [1.29, 1.82) is 0 Å². The number of amides is 1. The van der Waals surface area contributed by atoms with E-state index >= 15 is 0 Å². The van der Waals surface area contributed by atoms with Gasteiger partial charge in [0.15, 0.2) is 6.10 Å². The van der Waals surface area contributed by atoms with Crippen molar-refractivity contribution in [2.45, 2.75) is 33.8 Å². The summed E-state index contributed by atoms with van der Waals surface area (Å²) < 4.78 is 5.72. The summed E-state index contributed by atoms with van der Waals surface area (Å²) in [5.74, 6) is 0.458. The van der Waals surface area contributed by atoms with Gasteiger partial charge < -0.3 is 10.1 Å². The Morgan fingerprint density at radius 2 is 1.64 bits per heavy atom. The van der Waals surface area contributed by atoms with Gasteiger partial charge in [0.1, 0.15) is 5.75 Å². The van der Waals surface area contributed by atoms with Crippen molar-refractivity contribution in [2.75, 3.05) is 5.32 Å². The largest absolute Gasteiger partial charge is 0.481 e. The lowest BCUT2D eigenvalue weighted by Crippen LogP contribution is -2.30. The van der Waals surface area contributed by atoms with E-state index in [4.69, 9.17) is 16.3 Å². The summed E-state index contributed by atoms with van der Waals surface area (Å²) in [5, 5.41) is 3.57. The van der Waals surface area contributed by atoms with Gasteiger partial charge in [-0.2, -0.15) is 0 Å². The predicted molar refractivity (Wildman–Crippen MR) is 90.8 cm³/mol. The molecule has 1 N–H and O–H groups in total. The molecular weight excluding hydrogens is 298 g/mol. The second-order valence-corrected chi connectivity index (χ2v) is 5.86. The number of carbonyl (C=O) groups excluding carboxylic acids is 1. The fraction of sp³-hybridized carbons (Fsp3) is 0.278. The van der Waals surface area contributed by atoms with Gasteiger partial charge in [-0.25, -0.2) is 0 Å². The van der Waals surface area contributed by atoms with Crippen LogP contribution >= 0.6 is 11.6 Å². The molecule has 1 amide bonds. The van der Waals surface area contributed by atoms with Crippen LogP contribution in [0.5, 0.6) is 5.75 Å². The van der Waals surface area contributed by atoms with Crippen LogP contribution in [0.2, 0.25) is 5.02 Å². The van der Waals surface area contributed by atoms with Crippen LogP contribution < -0.4 is 10.1 Å². The molecule has 0 fully saturated rings. The van der Waals surface area contributed by atoms with E-state index in [0.29, 0.717) is 5.75 Å². The first-order valence-corrected chi connectivity index (χ1v) is 7.55. The lowest BCUT2D eigenvalue weighted by Gasteiger charge is -2.16. The Morgan fingerprint density at radius 3 is 2.18 bits per heavy atom. The molecule has 0 spiro atoms. The van der Waals surface area contributed by atoms with Crippen LogP contribution in [0.4, 0.5) is 5.69 Å². The van der Waals surface area contributed by atoms with Crippen molar-refractivity contribution in [3.05, 3.63) is 58.1 Å². The Labute approximate surface area is 136 Å². The number of rotatable bonds is 4. The quantitative estimate of drug-likeness (QED) is 0.889. The van der Waals surface area contributed by atoms with Crippen LogP contribution in [0, 0.1) is 20.8 Å². The van der Waals surface area contributed by atoms with Crippen LogP contribution in [0.15, 0.2) is 36.4 Å². The first kappa shape index (κ1) is 16.4.